The van der Waals surface area contributed by atoms with Crippen LogP contribution in [0.1, 0.15) is 17.3 Å². The SMILES string of the molecule is CCOCCOc1ccccc1C(=O)NCCNC.Cl. The average molecular weight is 303 g/mol. The van der Waals surface area contributed by atoms with E-state index in [1.54, 1.807) is 12.1 Å². The molecule has 0 aromatic heterocycles. The van der Waals surface area contributed by atoms with Gasteiger partial charge < -0.3 is 20.1 Å². The van der Waals surface area contributed by atoms with Gasteiger partial charge in [0.15, 0.2) is 0 Å². The Bertz CT molecular complexity index is 388. The smallest absolute Gasteiger partial charge is 0.255 e. The molecule has 0 spiro atoms. The lowest BCUT2D eigenvalue weighted by atomic mass is 10.2. The van der Waals surface area contributed by atoms with Gasteiger partial charge in [-0.25, -0.2) is 0 Å². The molecule has 6 heteroatoms. The van der Waals surface area contributed by atoms with Gasteiger partial charge in [-0.2, -0.15) is 0 Å². The molecule has 1 aromatic carbocycles. The van der Waals surface area contributed by atoms with Gasteiger partial charge in [0.05, 0.1) is 12.2 Å². The maximum Gasteiger partial charge on any atom is 0.255 e. The first-order chi connectivity index (χ1) is 9.29. The second-order valence-electron chi connectivity index (χ2n) is 3.90. The van der Waals surface area contributed by atoms with Gasteiger partial charge in [0.25, 0.3) is 5.91 Å². The zero-order valence-electron chi connectivity index (χ0n) is 12.0. The molecule has 20 heavy (non-hydrogen) atoms. The molecule has 0 bridgehead atoms. The minimum atomic E-state index is -0.123. The standard InChI is InChI=1S/C14H22N2O3.ClH/c1-3-18-10-11-19-13-7-5-4-6-12(13)14(17)16-9-8-15-2;/h4-7,15H,3,8-11H2,1-2H3,(H,16,17);1H. The van der Waals surface area contributed by atoms with Crippen LogP contribution in [-0.2, 0) is 4.74 Å². The van der Waals surface area contributed by atoms with E-state index in [1.807, 2.05) is 26.1 Å². The van der Waals surface area contributed by atoms with E-state index in [0.29, 0.717) is 37.7 Å². The third-order valence-electron chi connectivity index (χ3n) is 2.48. The normalized spacial score (nSPS) is 9.70. The quantitative estimate of drug-likeness (QED) is 0.678. The molecule has 0 fully saturated rings. The maximum atomic E-state index is 12.0. The Labute approximate surface area is 126 Å². The van der Waals surface area contributed by atoms with Crippen LogP contribution in [0.15, 0.2) is 24.3 Å². The first-order valence-electron chi connectivity index (χ1n) is 6.52. The summed E-state index contributed by atoms with van der Waals surface area (Å²) in [6, 6.07) is 7.21. The van der Waals surface area contributed by atoms with E-state index in [2.05, 4.69) is 10.6 Å². The summed E-state index contributed by atoms with van der Waals surface area (Å²) in [5, 5.41) is 5.80. The monoisotopic (exact) mass is 302 g/mol. The summed E-state index contributed by atoms with van der Waals surface area (Å²) in [4.78, 5) is 12.0. The van der Waals surface area contributed by atoms with Crippen molar-refractivity contribution in [3.05, 3.63) is 29.8 Å². The molecule has 0 saturated carbocycles. The third kappa shape index (κ3) is 6.75. The Hall–Kier alpha value is -1.30. The first-order valence-corrected chi connectivity index (χ1v) is 6.52. The fourth-order valence-corrected chi connectivity index (χ4v) is 1.53. The molecule has 0 aliphatic rings. The zero-order chi connectivity index (χ0) is 13.9. The van der Waals surface area contributed by atoms with Gasteiger partial charge in [0.1, 0.15) is 12.4 Å². The average Bonchev–Trinajstić information content (AvgIpc) is 2.44. The predicted octanol–water partition coefficient (Wildman–Crippen LogP) is 1.47. The highest BCUT2D eigenvalue weighted by atomic mass is 35.5. The lowest BCUT2D eigenvalue weighted by Crippen LogP contribution is -2.30. The molecule has 1 amide bonds. The van der Waals surface area contributed by atoms with E-state index in [9.17, 15) is 4.79 Å². The Morgan fingerprint density at radius 1 is 1.20 bits per heavy atom. The number of carbonyl (C=O) groups excluding carboxylic acids is 1. The lowest BCUT2D eigenvalue weighted by Gasteiger charge is -2.11. The van der Waals surface area contributed by atoms with Crippen molar-refractivity contribution in [2.75, 3.05) is 40.0 Å². The van der Waals surface area contributed by atoms with Gasteiger partial charge in [-0.3, -0.25) is 4.79 Å². The van der Waals surface area contributed by atoms with Crippen molar-refractivity contribution >= 4 is 18.3 Å². The molecule has 0 atom stereocenters. The fourth-order valence-electron chi connectivity index (χ4n) is 1.53. The van der Waals surface area contributed by atoms with Crippen molar-refractivity contribution in [2.45, 2.75) is 6.92 Å². The number of hydrogen-bond acceptors (Lipinski definition) is 4. The van der Waals surface area contributed by atoms with Crippen molar-refractivity contribution in [3.63, 3.8) is 0 Å². The largest absolute Gasteiger partial charge is 0.490 e. The Morgan fingerprint density at radius 3 is 2.65 bits per heavy atom. The van der Waals surface area contributed by atoms with Crippen molar-refractivity contribution in [2.24, 2.45) is 0 Å². The van der Waals surface area contributed by atoms with Gasteiger partial charge in [-0.05, 0) is 26.1 Å². The van der Waals surface area contributed by atoms with Gasteiger partial charge in [-0.15, -0.1) is 12.4 Å². The van der Waals surface area contributed by atoms with Crippen molar-refractivity contribution < 1.29 is 14.3 Å². The molecule has 0 aliphatic carbocycles. The van der Waals surface area contributed by atoms with Crippen molar-refractivity contribution in [1.82, 2.24) is 10.6 Å². The highest BCUT2D eigenvalue weighted by Crippen LogP contribution is 2.17. The van der Waals surface area contributed by atoms with Crippen LogP contribution >= 0.6 is 12.4 Å². The number of ether oxygens (including phenoxy) is 2. The number of amides is 1. The minimum absolute atomic E-state index is 0. The van der Waals surface area contributed by atoms with E-state index >= 15 is 0 Å². The molecule has 1 rings (SSSR count). The summed E-state index contributed by atoms with van der Waals surface area (Å²) < 4.78 is 10.8. The topological polar surface area (TPSA) is 59.6 Å². The molecule has 0 unspecified atom stereocenters. The summed E-state index contributed by atoms with van der Waals surface area (Å²) in [6.45, 7) is 4.88. The number of carbonyl (C=O) groups is 1. The van der Waals surface area contributed by atoms with Crippen molar-refractivity contribution in [3.8, 4) is 5.75 Å². The van der Waals surface area contributed by atoms with E-state index in [-0.39, 0.29) is 18.3 Å². The summed E-state index contributed by atoms with van der Waals surface area (Å²) in [6.07, 6.45) is 0. The molecule has 114 valence electrons. The molecule has 0 radical (unpaired) electrons. The first kappa shape index (κ1) is 18.7. The third-order valence-corrected chi connectivity index (χ3v) is 2.48. The molecule has 5 nitrogen and oxygen atoms in total. The van der Waals surface area contributed by atoms with Gasteiger partial charge in [0.2, 0.25) is 0 Å². The van der Waals surface area contributed by atoms with E-state index in [4.69, 9.17) is 9.47 Å². The number of para-hydroxylation sites is 1. The van der Waals surface area contributed by atoms with Crippen molar-refractivity contribution in [1.29, 1.82) is 0 Å². The highest BCUT2D eigenvalue weighted by molar-refractivity contribution is 5.96. The van der Waals surface area contributed by atoms with Gasteiger partial charge >= 0.3 is 0 Å². The predicted molar refractivity (Wildman–Crippen MR) is 81.9 cm³/mol. The summed E-state index contributed by atoms with van der Waals surface area (Å²) in [7, 11) is 1.84. The van der Waals surface area contributed by atoms with Crippen LogP contribution in [-0.4, -0.2) is 45.9 Å². The second kappa shape index (κ2) is 11.5. The van der Waals surface area contributed by atoms with Crippen LogP contribution in [0.4, 0.5) is 0 Å². The Balaban J connectivity index is 0.00000361. The number of hydrogen-bond donors (Lipinski definition) is 2. The molecular weight excluding hydrogens is 280 g/mol. The molecule has 0 saturated heterocycles. The minimum Gasteiger partial charge on any atom is -0.490 e. The van der Waals surface area contributed by atoms with Crippen LogP contribution in [0.2, 0.25) is 0 Å². The van der Waals surface area contributed by atoms with Gasteiger partial charge in [0, 0.05) is 19.7 Å². The molecule has 2 N–H and O–H groups in total. The lowest BCUT2D eigenvalue weighted by molar-refractivity contribution is 0.0937. The van der Waals surface area contributed by atoms with Crippen LogP contribution in [0.25, 0.3) is 0 Å². The maximum absolute atomic E-state index is 12.0. The Kier molecular flexibility index (Phi) is 10.8. The second-order valence-corrected chi connectivity index (χ2v) is 3.90. The van der Waals surface area contributed by atoms with Crippen LogP contribution in [0, 0.1) is 0 Å². The molecule has 0 heterocycles. The van der Waals surface area contributed by atoms with Crippen LogP contribution in [0.3, 0.4) is 0 Å². The summed E-state index contributed by atoms with van der Waals surface area (Å²) in [5.41, 5.74) is 0.551. The summed E-state index contributed by atoms with van der Waals surface area (Å²) in [5.74, 6) is 0.464. The number of halogens is 1. The fraction of sp³-hybridized carbons (Fsp3) is 0.500. The molecule has 0 aliphatic heterocycles. The number of nitrogens with one attached hydrogen (secondary N) is 2. The highest BCUT2D eigenvalue weighted by Gasteiger charge is 2.11. The van der Waals surface area contributed by atoms with E-state index < -0.39 is 0 Å². The van der Waals surface area contributed by atoms with Crippen LogP contribution < -0.4 is 15.4 Å². The van der Waals surface area contributed by atoms with E-state index in [0.717, 1.165) is 6.54 Å². The summed E-state index contributed by atoms with van der Waals surface area (Å²) >= 11 is 0. The number of likely N-dealkylation sites (N-methyl/N-ethyl adjacent to an activating group) is 1. The molecular formula is C14H23ClN2O3. The zero-order valence-corrected chi connectivity index (χ0v) is 12.8. The van der Waals surface area contributed by atoms with Gasteiger partial charge in [-0.1, -0.05) is 12.1 Å². The Morgan fingerprint density at radius 2 is 1.95 bits per heavy atom. The number of rotatable bonds is 9. The molecule has 1 aromatic rings. The van der Waals surface area contributed by atoms with E-state index in [1.165, 1.54) is 0 Å². The number of benzene rings is 1. The van der Waals surface area contributed by atoms with Crippen LogP contribution in [0.5, 0.6) is 5.75 Å².